The molecule has 3 heterocycles. The first-order chi connectivity index (χ1) is 16.1. The average Bonchev–Trinajstić information content (AvgIpc) is 3.56. The highest BCUT2D eigenvalue weighted by Gasteiger charge is 2.20. The minimum atomic E-state index is -0.203. The van der Waals surface area contributed by atoms with E-state index in [9.17, 15) is 0 Å². The monoisotopic (exact) mass is 480 g/mol. The number of hydrogen-bond donors (Lipinski definition) is 0. The Balaban J connectivity index is 1.26. The molecule has 1 aliphatic heterocycles. The molecule has 9 heteroatoms. The lowest BCUT2D eigenvalue weighted by molar-refractivity contribution is 0.174. The molecule has 0 saturated heterocycles. The minimum absolute atomic E-state index is 0.203. The summed E-state index contributed by atoms with van der Waals surface area (Å²) in [5.74, 6) is 3.92. The molecule has 33 heavy (non-hydrogen) atoms. The first-order valence-electron chi connectivity index (χ1n) is 10.7. The van der Waals surface area contributed by atoms with Crippen molar-refractivity contribution in [3.8, 4) is 27.8 Å². The molecule has 1 atom stereocenters. The number of ether oxygens (including phenoxy) is 3. The Labute approximate surface area is 200 Å². The summed E-state index contributed by atoms with van der Waals surface area (Å²) in [6.07, 6.45) is -0.203. The third-order valence-electron chi connectivity index (χ3n) is 5.25. The number of hydrogen-bond acceptors (Lipinski definition) is 8. The zero-order chi connectivity index (χ0) is 22.8. The molecule has 0 aliphatic carbocycles. The molecule has 0 saturated carbocycles. The number of fused-ring (bicyclic) bond motifs is 1. The van der Waals surface area contributed by atoms with E-state index in [1.807, 2.05) is 43.3 Å². The standard InChI is InChI=1S/C24H24N4O3S2/c1-4-28-22(16(3)31-19-7-5-6-15(2)10-19)26-27-24(28)33-13-18-12-32-23(25-18)17-8-9-20-21(11-17)30-14-29-20/h5-12,16H,4,13-14H2,1-3H3. The third-order valence-corrected chi connectivity index (χ3v) is 7.19. The van der Waals surface area contributed by atoms with Crippen molar-refractivity contribution in [1.82, 2.24) is 19.7 Å². The molecule has 2 aromatic carbocycles. The largest absolute Gasteiger partial charge is 0.483 e. The predicted molar refractivity (Wildman–Crippen MR) is 129 cm³/mol. The second kappa shape index (κ2) is 9.44. The van der Waals surface area contributed by atoms with Gasteiger partial charge in [-0.15, -0.1) is 21.5 Å². The van der Waals surface area contributed by atoms with Crippen LogP contribution in [0.2, 0.25) is 0 Å². The van der Waals surface area contributed by atoms with Crippen LogP contribution in [0.3, 0.4) is 0 Å². The van der Waals surface area contributed by atoms with Gasteiger partial charge in [-0.1, -0.05) is 23.9 Å². The maximum absolute atomic E-state index is 6.12. The van der Waals surface area contributed by atoms with Gasteiger partial charge in [0.15, 0.2) is 28.6 Å². The number of benzene rings is 2. The topological polar surface area (TPSA) is 71.3 Å². The molecule has 0 N–H and O–H groups in total. The second-order valence-corrected chi connectivity index (χ2v) is 9.46. The average molecular weight is 481 g/mol. The van der Waals surface area contributed by atoms with Crippen molar-refractivity contribution in [2.45, 2.75) is 44.3 Å². The van der Waals surface area contributed by atoms with Crippen molar-refractivity contribution >= 4 is 23.1 Å². The molecule has 1 aliphatic rings. The summed E-state index contributed by atoms with van der Waals surface area (Å²) in [5, 5.41) is 12.8. The number of nitrogens with zero attached hydrogens (tertiary/aromatic N) is 4. The van der Waals surface area contributed by atoms with Crippen molar-refractivity contribution in [2.24, 2.45) is 0 Å². The predicted octanol–water partition coefficient (Wildman–Crippen LogP) is 5.89. The van der Waals surface area contributed by atoms with Gasteiger partial charge in [-0.3, -0.25) is 0 Å². The number of rotatable bonds is 8. The molecule has 2 aromatic heterocycles. The number of thioether (sulfide) groups is 1. The lowest BCUT2D eigenvalue weighted by atomic mass is 10.2. The van der Waals surface area contributed by atoms with Gasteiger partial charge in [0.1, 0.15) is 10.8 Å². The maximum atomic E-state index is 6.12. The van der Waals surface area contributed by atoms with Crippen molar-refractivity contribution < 1.29 is 14.2 Å². The Morgan fingerprint density at radius 2 is 2.03 bits per heavy atom. The van der Waals surface area contributed by atoms with Gasteiger partial charge in [0.2, 0.25) is 6.79 Å². The van der Waals surface area contributed by atoms with Gasteiger partial charge >= 0.3 is 0 Å². The molecule has 0 amide bonds. The molecular formula is C24H24N4O3S2. The van der Waals surface area contributed by atoms with E-state index in [4.69, 9.17) is 19.2 Å². The van der Waals surface area contributed by atoms with Gasteiger partial charge < -0.3 is 18.8 Å². The van der Waals surface area contributed by atoms with Crippen LogP contribution in [0.4, 0.5) is 0 Å². The molecule has 5 rings (SSSR count). The lowest BCUT2D eigenvalue weighted by Crippen LogP contribution is -2.12. The van der Waals surface area contributed by atoms with E-state index in [1.54, 1.807) is 23.1 Å². The van der Waals surface area contributed by atoms with Gasteiger partial charge in [0.25, 0.3) is 0 Å². The highest BCUT2D eigenvalue weighted by Crippen LogP contribution is 2.37. The molecule has 0 spiro atoms. The van der Waals surface area contributed by atoms with Crippen LogP contribution in [-0.2, 0) is 12.3 Å². The highest BCUT2D eigenvalue weighted by molar-refractivity contribution is 7.98. The van der Waals surface area contributed by atoms with E-state index >= 15 is 0 Å². The van der Waals surface area contributed by atoms with E-state index in [0.717, 1.165) is 56.6 Å². The van der Waals surface area contributed by atoms with Gasteiger partial charge in [-0.05, 0) is 56.7 Å². The molecule has 0 bridgehead atoms. The van der Waals surface area contributed by atoms with Crippen LogP contribution in [0.5, 0.6) is 17.2 Å². The Kier molecular flexibility index (Phi) is 6.24. The summed E-state index contributed by atoms with van der Waals surface area (Å²) in [5.41, 5.74) is 3.20. The SMILES string of the molecule is CCn1c(SCc2csc(-c3ccc4c(c3)OCO4)n2)nnc1C(C)Oc1cccc(C)c1. The molecule has 1 unspecified atom stereocenters. The zero-order valence-electron chi connectivity index (χ0n) is 18.6. The van der Waals surface area contributed by atoms with Crippen LogP contribution in [0, 0.1) is 6.92 Å². The van der Waals surface area contributed by atoms with E-state index < -0.39 is 0 Å². The number of thiazole rings is 1. The summed E-state index contributed by atoms with van der Waals surface area (Å²) in [7, 11) is 0. The van der Waals surface area contributed by atoms with Crippen molar-refractivity contribution in [2.75, 3.05) is 6.79 Å². The van der Waals surface area contributed by atoms with Gasteiger partial charge in [0, 0.05) is 23.2 Å². The first-order valence-corrected chi connectivity index (χ1v) is 12.6. The normalized spacial score (nSPS) is 13.3. The number of aromatic nitrogens is 4. The van der Waals surface area contributed by atoms with Crippen molar-refractivity contribution in [1.29, 1.82) is 0 Å². The molecule has 170 valence electrons. The van der Waals surface area contributed by atoms with Crippen LogP contribution in [0.15, 0.2) is 53.0 Å². The van der Waals surface area contributed by atoms with E-state index in [-0.39, 0.29) is 12.9 Å². The Morgan fingerprint density at radius 1 is 1.15 bits per heavy atom. The molecule has 7 nitrogen and oxygen atoms in total. The summed E-state index contributed by atoms with van der Waals surface area (Å²) in [4.78, 5) is 4.80. The van der Waals surface area contributed by atoms with Crippen LogP contribution in [0.1, 0.15) is 37.0 Å². The minimum Gasteiger partial charge on any atom is -0.483 e. The Hall–Kier alpha value is -3.04. The quantitative estimate of drug-likeness (QED) is 0.291. The van der Waals surface area contributed by atoms with Crippen LogP contribution < -0.4 is 14.2 Å². The van der Waals surface area contributed by atoms with E-state index in [0.29, 0.717) is 5.75 Å². The van der Waals surface area contributed by atoms with Gasteiger partial charge in [-0.2, -0.15) is 0 Å². The van der Waals surface area contributed by atoms with E-state index in [1.165, 1.54) is 0 Å². The summed E-state index contributed by atoms with van der Waals surface area (Å²) in [6, 6.07) is 14.0. The fourth-order valence-electron chi connectivity index (χ4n) is 3.62. The maximum Gasteiger partial charge on any atom is 0.231 e. The van der Waals surface area contributed by atoms with Crippen LogP contribution >= 0.6 is 23.1 Å². The van der Waals surface area contributed by atoms with Crippen LogP contribution in [0.25, 0.3) is 10.6 Å². The smallest absolute Gasteiger partial charge is 0.231 e. The van der Waals surface area contributed by atoms with Crippen LogP contribution in [-0.4, -0.2) is 26.5 Å². The molecular weight excluding hydrogens is 456 g/mol. The first kappa shape index (κ1) is 21.8. The van der Waals surface area contributed by atoms with Crippen molar-refractivity contribution in [3.63, 3.8) is 0 Å². The highest BCUT2D eigenvalue weighted by atomic mass is 32.2. The van der Waals surface area contributed by atoms with Gasteiger partial charge in [0.05, 0.1) is 5.69 Å². The Bertz CT molecular complexity index is 1270. The fourth-order valence-corrected chi connectivity index (χ4v) is 5.45. The molecule has 0 radical (unpaired) electrons. The number of aryl methyl sites for hydroxylation is 1. The summed E-state index contributed by atoms with van der Waals surface area (Å²) in [6.45, 7) is 7.19. The molecule has 0 fully saturated rings. The summed E-state index contributed by atoms with van der Waals surface area (Å²) < 4.78 is 19.1. The van der Waals surface area contributed by atoms with Gasteiger partial charge in [-0.25, -0.2) is 4.98 Å². The lowest BCUT2D eigenvalue weighted by Gasteiger charge is -2.15. The summed E-state index contributed by atoms with van der Waals surface area (Å²) >= 11 is 3.26. The zero-order valence-corrected chi connectivity index (χ0v) is 20.3. The molecule has 4 aromatic rings. The second-order valence-electron chi connectivity index (χ2n) is 7.66. The Morgan fingerprint density at radius 3 is 2.88 bits per heavy atom. The fraction of sp³-hybridized carbons (Fsp3) is 0.292. The third kappa shape index (κ3) is 4.69. The van der Waals surface area contributed by atoms with Crippen molar-refractivity contribution in [3.05, 3.63) is 64.9 Å². The van der Waals surface area contributed by atoms with E-state index in [2.05, 4.69) is 40.1 Å².